The first-order chi connectivity index (χ1) is 18.9. The summed E-state index contributed by atoms with van der Waals surface area (Å²) in [6.45, 7) is -0.569. The van der Waals surface area contributed by atoms with Gasteiger partial charge in [0.1, 0.15) is 18.1 Å². The summed E-state index contributed by atoms with van der Waals surface area (Å²) in [5.41, 5.74) is 2.79. The molecule has 5 rings (SSSR count). The molecule has 3 amide bonds. The lowest BCUT2D eigenvalue weighted by Crippen LogP contribution is -2.46. The highest BCUT2D eigenvalue weighted by atomic mass is 16.5. The monoisotopic (exact) mass is 536 g/mol. The van der Waals surface area contributed by atoms with Crippen LogP contribution in [0, 0.1) is 17.8 Å². The van der Waals surface area contributed by atoms with Crippen LogP contribution in [-0.2, 0) is 25.6 Å². The topological polar surface area (TPSA) is 160 Å². The van der Waals surface area contributed by atoms with Crippen LogP contribution >= 0.6 is 0 Å². The molecule has 39 heavy (non-hydrogen) atoms. The fourth-order valence-corrected chi connectivity index (χ4v) is 6.02. The molecule has 204 valence electrons. The molecule has 12 heteroatoms. The normalized spacial score (nSPS) is 25.2. The van der Waals surface area contributed by atoms with Gasteiger partial charge in [0.2, 0.25) is 11.8 Å². The zero-order valence-corrected chi connectivity index (χ0v) is 21.4. The second-order valence-electron chi connectivity index (χ2n) is 9.84. The molecular formula is C27H29BN2O9. The standard InChI is InChI=1S/C27H29BN2O9/c1-37-27(35)30-25(33)19-11-16(13-31)23-20(24(19)26(30)34)12-28(36)39-22(23)8-5-15(21-4-2-3-9-29-21)10-17-6-7-18(14-32)38-17/h2-4,6-7,9-10,19-20,22,24,31-32,36H,5,8,11-14H2,1H3/b15-10-/t19-,20+,22-,24-/m1/s1. The van der Waals surface area contributed by atoms with Gasteiger partial charge in [-0.15, -0.1) is 0 Å². The average molecular weight is 536 g/mol. The number of imide groups is 3. The lowest BCUT2D eigenvalue weighted by molar-refractivity contribution is -0.137. The van der Waals surface area contributed by atoms with Crippen molar-refractivity contribution in [1.82, 2.24) is 9.88 Å². The van der Waals surface area contributed by atoms with E-state index in [2.05, 4.69) is 9.72 Å². The zero-order chi connectivity index (χ0) is 27.7. The molecule has 11 nitrogen and oxygen atoms in total. The lowest BCUT2D eigenvalue weighted by Gasteiger charge is -2.42. The minimum absolute atomic E-state index is 0.0593. The molecule has 1 aliphatic carbocycles. The van der Waals surface area contributed by atoms with Gasteiger partial charge in [0, 0.05) is 6.20 Å². The third kappa shape index (κ3) is 5.08. The van der Waals surface area contributed by atoms with E-state index in [0.717, 1.165) is 12.7 Å². The summed E-state index contributed by atoms with van der Waals surface area (Å²) in [6, 6.07) is 8.94. The number of hydrogen-bond acceptors (Lipinski definition) is 10. The first-order valence-electron chi connectivity index (χ1n) is 12.8. The SMILES string of the molecule is COC(=O)N1C(=O)[C@@H]2[C@@H](CC(CO)=C3[C@@H](CC/C(=C/c4ccc(CO)o4)c4ccccn4)OB(O)C[C@@H]32)C1=O. The smallest absolute Gasteiger partial charge is 0.455 e. The van der Waals surface area contributed by atoms with Crippen molar-refractivity contribution in [2.75, 3.05) is 13.7 Å². The van der Waals surface area contributed by atoms with Crippen LogP contribution in [-0.4, -0.2) is 70.0 Å². The molecule has 2 aromatic rings. The molecule has 0 saturated carbocycles. The number of carbonyl (C=O) groups is 3. The Morgan fingerprint density at radius 2 is 2.00 bits per heavy atom. The Hall–Kier alpha value is -3.58. The van der Waals surface area contributed by atoms with Gasteiger partial charge in [-0.1, -0.05) is 6.07 Å². The number of allylic oxidation sites excluding steroid dienone is 1. The van der Waals surface area contributed by atoms with E-state index in [4.69, 9.17) is 9.07 Å². The summed E-state index contributed by atoms with van der Waals surface area (Å²) in [4.78, 5) is 43.4. The van der Waals surface area contributed by atoms with Gasteiger partial charge >= 0.3 is 13.2 Å². The van der Waals surface area contributed by atoms with Gasteiger partial charge in [-0.2, -0.15) is 4.90 Å². The van der Waals surface area contributed by atoms with Crippen molar-refractivity contribution in [3.63, 3.8) is 0 Å². The number of nitrogens with zero attached hydrogens (tertiary/aromatic N) is 2. The van der Waals surface area contributed by atoms with Gasteiger partial charge in [0.15, 0.2) is 0 Å². The van der Waals surface area contributed by atoms with E-state index in [1.165, 1.54) is 0 Å². The Morgan fingerprint density at radius 3 is 2.67 bits per heavy atom. The number of methoxy groups -OCH3 is 1. The first-order valence-corrected chi connectivity index (χ1v) is 12.8. The lowest BCUT2D eigenvalue weighted by atomic mass is 9.58. The summed E-state index contributed by atoms with van der Waals surface area (Å²) in [5.74, 6) is -2.59. The molecule has 2 aromatic heterocycles. The second kappa shape index (κ2) is 11.3. The Labute approximate surface area is 224 Å². The number of fused-ring (bicyclic) bond motifs is 3. The summed E-state index contributed by atoms with van der Waals surface area (Å²) >= 11 is 0. The van der Waals surface area contributed by atoms with E-state index >= 15 is 0 Å². The van der Waals surface area contributed by atoms with Crippen LogP contribution in [0.5, 0.6) is 0 Å². The van der Waals surface area contributed by atoms with E-state index in [-0.39, 0.29) is 26.0 Å². The van der Waals surface area contributed by atoms with Crippen molar-refractivity contribution >= 4 is 36.7 Å². The van der Waals surface area contributed by atoms with Crippen LogP contribution in [0.3, 0.4) is 0 Å². The van der Waals surface area contributed by atoms with E-state index < -0.39 is 48.9 Å². The number of furan rings is 1. The highest BCUT2D eigenvalue weighted by Gasteiger charge is 2.59. The fourth-order valence-electron chi connectivity index (χ4n) is 6.02. The second-order valence-corrected chi connectivity index (χ2v) is 9.84. The van der Waals surface area contributed by atoms with E-state index in [1.807, 2.05) is 18.2 Å². The van der Waals surface area contributed by atoms with E-state index in [0.29, 0.717) is 46.1 Å². The van der Waals surface area contributed by atoms with Crippen LogP contribution in [0.2, 0.25) is 6.32 Å². The molecule has 0 unspecified atom stereocenters. The van der Waals surface area contributed by atoms with Gasteiger partial charge in [-0.3, -0.25) is 14.6 Å². The first kappa shape index (κ1) is 27.0. The maximum Gasteiger partial charge on any atom is 0.455 e. The molecule has 2 fully saturated rings. The molecule has 0 aromatic carbocycles. The average Bonchev–Trinajstić information content (AvgIpc) is 3.51. The zero-order valence-electron chi connectivity index (χ0n) is 21.4. The summed E-state index contributed by atoms with van der Waals surface area (Å²) < 4.78 is 16.2. The number of ether oxygens (including phenoxy) is 1. The molecule has 4 heterocycles. The van der Waals surface area contributed by atoms with Crippen LogP contribution < -0.4 is 0 Å². The number of aliphatic hydroxyl groups excluding tert-OH is 2. The predicted octanol–water partition coefficient (Wildman–Crippen LogP) is 2.04. The maximum atomic E-state index is 13.2. The Kier molecular flexibility index (Phi) is 7.80. The highest BCUT2D eigenvalue weighted by molar-refractivity contribution is 6.43. The molecule has 3 N–H and O–H groups in total. The minimum Gasteiger partial charge on any atom is -0.459 e. The number of rotatable bonds is 7. The molecule has 3 aliphatic rings. The van der Waals surface area contributed by atoms with Crippen molar-refractivity contribution < 1.29 is 43.4 Å². The van der Waals surface area contributed by atoms with Crippen molar-refractivity contribution in [2.24, 2.45) is 17.8 Å². The van der Waals surface area contributed by atoms with E-state index in [9.17, 15) is 29.6 Å². The van der Waals surface area contributed by atoms with Gasteiger partial charge in [0.25, 0.3) is 0 Å². The summed E-state index contributed by atoms with van der Waals surface area (Å²) in [7, 11) is -0.0981. The van der Waals surface area contributed by atoms with Crippen LogP contribution in [0.25, 0.3) is 11.6 Å². The number of likely N-dealkylation sites (tertiary alicyclic amines) is 1. The van der Waals surface area contributed by atoms with Crippen molar-refractivity contribution in [3.05, 3.63) is 64.9 Å². The molecule has 2 aliphatic heterocycles. The van der Waals surface area contributed by atoms with E-state index in [1.54, 1.807) is 24.4 Å². The number of pyridine rings is 1. The number of aromatic nitrogens is 1. The molecule has 0 radical (unpaired) electrons. The number of carbonyl (C=O) groups excluding carboxylic acids is 3. The van der Waals surface area contributed by atoms with Crippen molar-refractivity contribution in [1.29, 1.82) is 0 Å². The van der Waals surface area contributed by atoms with Crippen LogP contribution in [0.1, 0.15) is 36.5 Å². The summed E-state index contributed by atoms with van der Waals surface area (Å²) in [5, 5.41) is 30.2. The maximum absolute atomic E-state index is 13.2. The van der Waals surface area contributed by atoms with Gasteiger partial charge < -0.3 is 29.0 Å². The van der Waals surface area contributed by atoms with Gasteiger partial charge in [0.05, 0.1) is 37.4 Å². The third-order valence-corrected chi connectivity index (χ3v) is 7.68. The quantitative estimate of drug-likeness (QED) is 0.272. The minimum atomic E-state index is -1.20. The number of hydrogen-bond donors (Lipinski definition) is 3. The van der Waals surface area contributed by atoms with Gasteiger partial charge in [-0.25, -0.2) is 4.79 Å². The highest BCUT2D eigenvalue weighted by Crippen LogP contribution is 2.50. The number of aliphatic hydroxyl groups is 2. The Morgan fingerprint density at radius 1 is 1.18 bits per heavy atom. The molecule has 0 spiro atoms. The molecule has 0 bridgehead atoms. The third-order valence-electron chi connectivity index (χ3n) is 7.68. The molecule has 4 atom stereocenters. The van der Waals surface area contributed by atoms with Crippen molar-refractivity contribution in [2.45, 2.75) is 38.3 Å². The fraction of sp³-hybridized carbons (Fsp3) is 0.407. The Balaban J connectivity index is 1.45. The van der Waals surface area contributed by atoms with Gasteiger partial charge in [-0.05, 0) is 78.6 Å². The molecule has 2 saturated heterocycles. The predicted molar refractivity (Wildman–Crippen MR) is 137 cm³/mol. The van der Waals surface area contributed by atoms with Crippen LogP contribution in [0.4, 0.5) is 4.79 Å². The summed E-state index contributed by atoms with van der Waals surface area (Å²) in [6.07, 6.45) is 2.80. The van der Waals surface area contributed by atoms with Crippen LogP contribution in [0.15, 0.2) is 52.1 Å². The largest absolute Gasteiger partial charge is 0.459 e. The number of amides is 3. The molecular weight excluding hydrogens is 507 g/mol. The van der Waals surface area contributed by atoms with Crippen molar-refractivity contribution in [3.8, 4) is 0 Å². The Bertz CT molecular complexity index is 1320.